The summed E-state index contributed by atoms with van der Waals surface area (Å²) in [4.78, 5) is 23.8. The van der Waals surface area contributed by atoms with E-state index in [2.05, 4.69) is 31.6 Å². The van der Waals surface area contributed by atoms with Gasteiger partial charge in [0.1, 0.15) is 4.83 Å². The van der Waals surface area contributed by atoms with Gasteiger partial charge in [-0.1, -0.05) is 25.6 Å². The van der Waals surface area contributed by atoms with Crippen molar-refractivity contribution in [3.8, 4) is 0 Å². The smallest absolute Gasteiger partial charge is 0.241 e. The van der Waals surface area contributed by atoms with E-state index in [1.165, 1.54) is 10.4 Å². The maximum Gasteiger partial charge on any atom is 0.241 e. The van der Waals surface area contributed by atoms with Gasteiger partial charge in [0.05, 0.1) is 17.6 Å². The number of thioether (sulfide) groups is 1. The molecule has 1 aliphatic heterocycles. The molecule has 0 spiro atoms. The summed E-state index contributed by atoms with van der Waals surface area (Å²) in [6, 6.07) is 0. The summed E-state index contributed by atoms with van der Waals surface area (Å²) in [6.07, 6.45) is 4.82. The van der Waals surface area contributed by atoms with E-state index < -0.39 is 0 Å². The van der Waals surface area contributed by atoms with Crippen molar-refractivity contribution in [1.29, 1.82) is 0 Å². The first-order valence-corrected chi connectivity index (χ1v) is 11.5. The third-order valence-corrected chi connectivity index (χ3v) is 7.40. The van der Waals surface area contributed by atoms with Crippen LogP contribution in [-0.2, 0) is 22.6 Å². The first-order valence-electron chi connectivity index (χ1n) is 9.68. The minimum atomic E-state index is -0.162. The summed E-state index contributed by atoms with van der Waals surface area (Å²) in [6.45, 7) is 7.08. The summed E-state index contributed by atoms with van der Waals surface area (Å²) in [5, 5.41) is 1.79. The molecular weight excluding hydrogens is 380 g/mol. The highest BCUT2D eigenvalue weighted by Crippen LogP contribution is 2.42. The molecule has 3 heterocycles. The summed E-state index contributed by atoms with van der Waals surface area (Å²) in [5.74, 6) is 1.89. The highest BCUT2D eigenvalue weighted by Gasteiger charge is 2.34. The Balaban J connectivity index is 1.71. The van der Waals surface area contributed by atoms with Crippen LogP contribution in [0.3, 0.4) is 0 Å². The highest BCUT2D eigenvalue weighted by atomic mass is 32.2. The van der Waals surface area contributed by atoms with Gasteiger partial charge in [-0.25, -0.2) is 9.97 Å². The van der Waals surface area contributed by atoms with E-state index in [-0.39, 0.29) is 17.4 Å². The average molecular weight is 407 g/mol. The predicted octanol–water partition coefficient (Wildman–Crippen LogP) is 4.29. The second-order valence-electron chi connectivity index (χ2n) is 7.54. The first-order chi connectivity index (χ1) is 13.0. The maximum absolute atomic E-state index is 12.1. The largest absolute Gasteiger partial charge is 0.369 e. The number of hydrogen-bond acceptors (Lipinski definition) is 7. The van der Waals surface area contributed by atoms with Crippen LogP contribution in [0.1, 0.15) is 56.9 Å². The number of hydrogen-bond donors (Lipinski definition) is 2. The number of aromatic nitrogens is 2. The molecule has 0 saturated heterocycles. The number of ether oxygens (including phenoxy) is 1. The van der Waals surface area contributed by atoms with Crippen molar-refractivity contribution in [3.63, 3.8) is 0 Å². The molecule has 27 heavy (non-hydrogen) atoms. The molecule has 0 unspecified atom stereocenters. The molecular formula is C19H26N4O2S2. The van der Waals surface area contributed by atoms with Crippen LogP contribution in [-0.4, -0.2) is 27.2 Å². The van der Waals surface area contributed by atoms with E-state index in [9.17, 15) is 4.79 Å². The van der Waals surface area contributed by atoms with E-state index >= 15 is 0 Å². The van der Waals surface area contributed by atoms with Crippen LogP contribution in [0.4, 0.5) is 5.82 Å². The fourth-order valence-corrected chi connectivity index (χ4v) is 5.06. The van der Waals surface area contributed by atoms with Gasteiger partial charge in [-0.15, -0.1) is 11.3 Å². The monoisotopic (exact) mass is 406 g/mol. The van der Waals surface area contributed by atoms with E-state index in [0.717, 1.165) is 53.2 Å². The third kappa shape index (κ3) is 3.93. The fraction of sp³-hybridized carbons (Fsp3) is 0.632. The number of nitrogens with one attached hydrogen (secondary N) is 2. The molecule has 4 rings (SSSR count). The van der Waals surface area contributed by atoms with Gasteiger partial charge in [-0.3, -0.25) is 15.6 Å². The summed E-state index contributed by atoms with van der Waals surface area (Å²) in [7, 11) is 0. The second-order valence-corrected chi connectivity index (χ2v) is 9.69. The van der Waals surface area contributed by atoms with Crippen LogP contribution >= 0.6 is 23.1 Å². The molecule has 1 saturated carbocycles. The van der Waals surface area contributed by atoms with Gasteiger partial charge in [-0.05, 0) is 38.2 Å². The van der Waals surface area contributed by atoms with Gasteiger partial charge in [0.25, 0.3) is 0 Å². The Labute approximate surface area is 167 Å². The average Bonchev–Trinajstić information content (AvgIpc) is 3.46. The lowest BCUT2D eigenvalue weighted by atomic mass is 9.90. The maximum atomic E-state index is 12.1. The Morgan fingerprint density at radius 3 is 2.89 bits per heavy atom. The molecule has 1 atom stereocenters. The Hall–Kier alpha value is -1.38. The first kappa shape index (κ1) is 19.0. The van der Waals surface area contributed by atoms with Gasteiger partial charge in [0, 0.05) is 23.0 Å². The minimum absolute atomic E-state index is 0.0513. The molecule has 2 aliphatic rings. The van der Waals surface area contributed by atoms with E-state index in [1.54, 1.807) is 23.1 Å². The van der Waals surface area contributed by atoms with Crippen LogP contribution < -0.4 is 10.9 Å². The van der Waals surface area contributed by atoms with E-state index in [4.69, 9.17) is 14.7 Å². The number of thiophene rings is 1. The number of amides is 1. The molecule has 6 nitrogen and oxygen atoms in total. The summed E-state index contributed by atoms with van der Waals surface area (Å²) < 4.78 is 6.11. The molecule has 1 aliphatic carbocycles. The Morgan fingerprint density at radius 2 is 2.19 bits per heavy atom. The minimum Gasteiger partial charge on any atom is -0.369 e. The normalized spacial score (nSPS) is 21.9. The zero-order valence-corrected chi connectivity index (χ0v) is 17.7. The van der Waals surface area contributed by atoms with Crippen LogP contribution in [0.5, 0.6) is 0 Å². The lowest BCUT2D eigenvalue weighted by molar-refractivity contribution is -0.121. The van der Waals surface area contributed by atoms with E-state index in [1.807, 2.05) is 0 Å². The molecule has 2 N–H and O–H groups in total. The number of carbonyl (C=O) groups is 1. The lowest BCUT2D eigenvalue weighted by Gasteiger charge is -2.33. The molecule has 1 fully saturated rings. The van der Waals surface area contributed by atoms with Gasteiger partial charge < -0.3 is 4.74 Å². The lowest BCUT2D eigenvalue weighted by Crippen LogP contribution is -2.34. The molecule has 2 aromatic rings. The standard InChI is InChI=1S/C19H26N4O2S2/c1-4-8-26-18-20-15(22-23-16(24)11-6-7-11)14-12-9-19(3,5-2)25-10-13(12)27-17(14)21-18/h11H,4-10H2,1-3H3,(H,23,24)(H,20,21,22)/t19-/m0/s1. The van der Waals surface area contributed by atoms with E-state index in [0.29, 0.717) is 12.4 Å². The van der Waals surface area contributed by atoms with Crippen molar-refractivity contribution in [3.05, 3.63) is 10.4 Å². The Kier molecular flexibility index (Phi) is 5.31. The van der Waals surface area contributed by atoms with Crippen LogP contribution in [0.2, 0.25) is 0 Å². The molecule has 146 valence electrons. The number of fused-ring (bicyclic) bond motifs is 3. The number of rotatable bonds is 7. The summed E-state index contributed by atoms with van der Waals surface area (Å²) in [5.41, 5.74) is 7.06. The number of nitrogens with zero attached hydrogens (tertiary/aromatic N) is 2. The molecule has 0 bridgehead atoms. The summed E-state index contributed by atoms with van der Waals surface area (Å²) >= 11 is 3.34. The SMILES string of the molecule is CCCSc1nc(NNC(=O)C2CC2)c2c3c(sc2n1)CO[C@@](C)(CC)C3. The highest BCUT2D eigenvalue weighted by molar-refractivity contribution is 7.99. The van der Waals surface area contributed by atoms with Crippen molar-refractivity contribution >= 4 is 45.0 Å². The van der Waals surface area contributed by atoms with Crippen molar-refractivity contribution < 1.29 is 9.53 Å². The van der Waals surface area contributed by atoms with Crippen LogP contribution in [0.25, 0.3) is 10.2 Å². The number of carbonyl (C=O) groups excluding carboxylic acids is 1. The molecule has 0 aromatic carbocycles. The van der Waals surface area contributed by atoms with Crippen molar-refractivity contribution in [2.24, 2.45) is 5.92 Å². The van der Waals surface area contributed by atoms with Gasteiger partial charge >= 0.3 is 0 Å². The molecule has 1 amide bonds. The zero-order chi connectivity index (χ0) is 19.0. The second kappa shape index (κ2) is 7.56. The number of anilines is 1. The topological polar surface area (TPSA) is 76.1 Å². The Morgan fingerprint density at radius 1 is 1.37 bits per heavy atom. The quantitative estimate of drug-likeness (QED) is 0.406. The predicted molar refractivity (Wildman–Crippen MR) is 110 cm³/mol. The van der Waals surface area contributed by atoms with Gasteiger partial charge in [0.15, 0.2) is 11.0 Å². The fourth-order valence-electron chi connectivity index (χ4n) is 3.20. The Bertz CT molecular complexity index is 865. The molecule has 0 radical (unpaired) electrons. The number of hydrazine groups is 1. The molecule has 2 aromatic heterocycles. The van der Waals surface area contributed by atoms with Gasteiger partial charge in [0.2, 0.25) is 5.91 Å². The van der Waals surface area contributed by atoms with Gasteiger partial charge in [-0.2, -0.15) is 0 Å². The molecule has 8 heteroatoms. The van der Waals surface area contributed by atoms with Crippen LogP contribution in [0, 0.1) is 5.92 Å². The van der Waals surface area contributed by atoms with Crippen molar-refractivity contribution in [1.82, 2.24) is 15.4 Å². The van der Waals surface area contributed by atoms with Crippen molar-refractivity contribution in [2.75, 3.05) is 11.2 Å². The zero-order valence-electron chi connectivity index (χ0n) is 16.1. The van der Waals surface area contributed by atoms with Crippen molar-refractivity contribution in [2.45, 2.75) is 70.2 Å². The third-order valence-electron chi connectivity index (χ3n) is 5.25. The van der Waals surface area contributed by atoms with Crippen LogP contribution in [0.15, 0.2) is 5.16 Å².